The van der Waals surface area contributed by atoms with Crippen LogP contribution >= 0.6 is 11.8 Å². The summed E-state index contributed by atoms with van der Waals surface area (Å²) in [4.78, 5) is 0.942. The van der Waals surface area contributed by atoms with Gasteiger partial charge in [-0.25, -0.2) is 4.39 Å². The van der Waals surface area contributed by atoms with Gasteiger partial charge in [0.05, 0.1) is 19.2 Å². The summed E-state index contributed by atoms with van der Waals surface area (Å²) in [6.45, 7) is -0.565. The second-order valence-corrected chi connectivity index (χ2v) is 8.30. The molecule has 5 atom stereocenters. The Morgan fingerprint density at radius 2 is 1.84 bits per heavy atom. The lowest BCUT2D eigenvalue weighted by molar-refractivity contribution is -0.250. The van der Waals surface area contributed by atoms with Gasteiger partial charge in [0.1, 0.15) is 41.7 Å². The number of fused-ring (bicyclic) bond motifs is 1. The van der Waals surface area contributed by atoms with E-state index in [2.05, 4.69) is 0 Å². The van der Waals surface area contributed by atoms with Gasteiger partial charge in [0.15, 0.2) is 6.23 Å². The Balaban J connectivity index is 1.78. The van der Waals surface area contributed by atoms with E-state index in [1.807, 2.05) is 0 Å². The van der Waals surface area contributed by atoms with E-state index in [0.717, 1.165) is 11.8 Å². The second-order valence-electron chi connectivity index (χ2n) is 7.22. The zero-order valence-corrected chi connectivity index (χ0v) is 17.2. The summed E-state index contributed by atoms with van der Waals surface area (Å²) in [6.07, 6.45) is -5.20. The topological polar surface area (TPSA) is 125 Å². The van der Waals surface area contributed by atoms with Crippen LogP contribution in [0.1, 0.15) is 6.23 Å². The average Bonchev–Trinajstić information content (AvgIpc) is 3.11. The largest absolute Gasteiger partial charge is 0.508 e. The maximum atomic E-state index is 14.5. The Bertz CT molecular complexity index is 1090. The Kier molecular flexibility index (Phi) is 6.11. The van der Waals surface area contributed by atoms with Crippen LogP contribution in [0.4, 0.5) is 4.39 Å². The number of aliphatic hydroxyl groups is 4. The first kappa shape index (κ1) is 21.9. The quantitative estimate of drug-likeness (QED) is 0.396. The Morgan fingerprint density at radius 1 is 1.06 bits per heavy atom. The van der Waals surface area contributed by atoms with Crippen LogP contribution in [0.25, 0.3) is 10.9 Å². The van der Waals surface area contributed by atoms with Crippen LogP contribution in [-0.2, 0) is 4.74 Å². The molecule has 4 rings (SSSR count). The lowest BCUT2D eigenvalue weighted by Gasteiger charge is -2.40. The normalized spacial score (nSPS) is 26.3. The van der Waals surface area contributed by atoms with Gasteiger partial charge in [-0.15, -0.1) is 0 Å². The molecule has 2 heterocycles. The van der Waals surface area contributed by atoms with Crippen molar-refractivity contribution in [1.29, 1.82) is 0 Å². The van der Waals surface area contributed by atoms with Crippen LogP contribution in [0.3, 0.4) is 0 Å². The first-order valence-corrected chi connectivity index (χ1v) is 10.3. The molecular formula is C21H22FNO7S. The molecule has 1 aliphatic heterocycles. The fraction of sp³-hybridized carbons (Fsp3) is 0.333. The van der Waals surface area contributed by atoms with Crippen LogP contribution in [0, 0.1) is 5.82 Å². The lowest BCUT2D eigenvalue weighted by Crippen LogP contribution is -2.56. The number of aromatic nitrogens is 1. The molecule has 1 saturated heterocycles. The summed E-state index contributed by atoms with van der Waals surface area (Å²) >= 11 is 1.13. The molecule has 0 unspecified atom stereocenters. The van der Waals surface area contributed by atoms with Crippen molar-refractivity contribution in [2.75, 3.05) is 13.7 Å². The summed E-state index contributed by atoms with van der Waals surface area (Å²) in [5.74, 6) is -0.129. The van der Waals surface area contributed by atoms with Crippen molar-refractivity contribution >= 4 is 22.7 Å². The van der Waals surface area contributed by atoms with Crippen molar-refractivity contribution < 1.29 is 39.4 Å². The summed E-state index contributed by atoms with van der Waals surface area (Å²) in [5.41, 5.74) is 0.459. The number of nitrogens with zero attached hydrogens (tertiary/aromatic N) is 1. The molecule has 8 nitrogen and oxygen atoms in total. The number of hydrogen-bond donors (Lipinski definition) is 5. The molecule has 0 spiro atoms. The number of phenolic OH excluding ortho intramolecular Hbond substituents is 1. The van der Waals surface area contributed by atoms with Crippen molar-refractivity contribution in [3.05, 3.63) is 48.4 Å². The van der Waals surface area contributed by atoms with Gasteiger partial charge in [-0.3, -0.25) is 0 Å². The van der Waals surface area contributed by atoms with Gasteiger partial charge in [0.25, 0.3) is 0 Å². The number of hydrogen-bond acceptors (Lipinski definition) is 8. The van der Waals surface area contributed by atoms with Gasteiger partial charge >= 0.3 is 0 Å². The summed E-state index contributed by atoms with van der Waals surface area (Å²) < 4.78 is 26.7. The van der Waals surface area contributed by atoms with Gasteiger partial charge in [-0.05, 0) is 24.3 Å². The third-order valence-electron chi connectivity index (χ3n) is 5.28. The van der Waals surface area contributed by atoms with E-state index in [1.165, 1.54) is 29.9 Å². The van der Waals surface area contributed by atoms with Crippen molar-refractivity contribution in [3.63, 3.8) is 0 Å². The maximum Gasteiger partial charge on any atom is 0.163 e. The van der Waals surface area contributed by atoms with E-state index >= 15 is 0 Å². The number of benzene rings is 2. The Hall–Kier alpha value is -2.34. The SMILES string of the molecule is COc1ccc(Sc2cn([C@@H]3O[C@H](CO)[C@@H](O)[C@H](O)[C@H]3O)c3cc(O)ccc23)c(F)c1. The summed E-state index contributed by atoms with van der Waals surface area (Å²) in [6, 6.07) is 9.06. The minimum absolute atomic E-state index is 0.0383. The molecule has 0 aliphatic carbocycles. The number of phenols is 1. The van der Waals surface area contributed by atoms with E-state index in [0.29, 0.717) is 26.4 Å². The molecule has 0 saturated carbocycles. The fourth-order valence-electron chi connectivity index (χ4n) is 3.62. The van der Waals surface area contributed by atoms with Gasteiger partial charge in [-0.1, -0.05) is 11.8 Å². The van der Waals surface area contributed by atoms with Crippen LogP contribution in [0.2, 0.25) is 0 Å². The predicted octanol–water partition coefficient (Wildman–Crippen LogP) is 1.62. The number of rotatable bonds is 5. The number of aliphatic hydroxyl groups excluding tert-OH is 4. The average molecular weight is 451 g/mol. The highest BCUT2D eigenvalue weighted by atomic mass is 32.2. The maximum absolute atomic E-state index is 14.5. The molecule has 166 valence electrons. The predicted molar refractivity (Wildman–Crippen MR) is 110 cm³/mol. The van der Waals surface area contributed by atoms with Crippen molar-refractivity contribution in [2.45, 2.75) is 40.4 Å². The van der Waals surface area contributed by atoms with E-state index in [4.69, 9.17) is 9.47 Å². The molecule has 10 heteroatoms. The molecule has 2 aromatic carbocycles. The third-order valence-corrected chi connectivity index (χ3v) is 6.38. The monoisotopic (exact) mass is 451 g/mol. The van der Waals surface area contributed by atoms with Gasteiger partial charge in [0, 0.05) is 33.5 Å². The van der Waals surface area contributed by atoms with Gasteiger partial charge < -0.3 is 39.6 Å². The molecule has 3 aromatic rings. The van der Waals surface area contributed by atoms with E-state index in [1.54, 1.807) is 24.4 Å². The van der Waals surface area contributed by atoms with Crippen molar-refractivity contribution in [1.82, 2.24) is 4.57 Å². The summed E-state index contributed by atoms with van der Waals surface area (Å²) in [7, 11) is 1.45. The van der Waals surface area contributed by atoms with Gasteiger partial charge in [-0.2, -0.15) is 0 Å². The van der Waals surface area contributed by atoms with Crippen LogP contribution in [-0.4, -0.2) is 68.2 Å². The first-order valence-electron chi connectivity index (χ1n) is 9.49. The summed E-state index contributed by atoms with van der Waals surface area (Å²) in [5, 5.41) is 50.9. The highest BCUT2D eigenvalue weighted by Gasteiger charge is 2.44. The minimum Gasteiger partial charge on any atom is -0.508 e. The smallest absolute Gasteiger partial charge is 0.163 e. The molecule has 0 amide bonds. The number of methoxy groups -OCH3 is 1. The highest BCUT2D eigenvalue weighted by molar-refractivity contribution is 7.99. The Morgan fingerprint density at radius 3 is 2.52 bits per heavy atom. The van der Waals surface area contributed by atoms with Crippen LogP contribution in [0.5, 0.6) is 11.5 Å². The van der Waals surface area contributed by atoms with Gasteiger partial charge in [0.2, 0.25) is 0 Å². The number of ether oxygens (including phenoxy) is 2. The minimum atomic E-state index is -1.55. The zero-order chi connectivity index (χ0) is 22.3. The third kappa shape index (κ3) is 3.98. The van der Waals surface area contributed by atoms with Crippen molar-refractivity contribution in [2.24, 2.45) is 0 Å². The molecule has 1 aromatic heterocycles. The first-order chi connectivity index (χ1) is 14.8. The molecule has 1 aliphatic rings. The van der Waals surface area contributed by atoms with E-state index in [9.17, 15) is 29.9 Å². The van der Waals surface area contributed by atoms with E-state index in [-0.39, 0.29) is 5.75 Å². The highest BCUT2D eigenvalue weighted by Crippen LogP contribution is 2.41. The number of aromatic hydroxyl groups is 1. The molecule has 0 radical (unpaired) electrons. The van der Waals surface area contributed by atoms with Crippen LogP contribution in [0.15, 0.2) is 52.4 Å². The molecule has 5 N–H and O–H groups in total. The van der Waals surface area contributed by atoms with E-state index < -0.39 is 43.1 Å². The zero-order valence-electron chi connectivity index (χ0n) is 16.4. The second kappa shape index (κ2) is 8.65. The molecule has 0 bridgehead atoms. The number of halogens is 1. The molecule has 31 heavy (non-hydrogen) atoms. The van der Waals surface area contributed by atoms with Crippen molar-refractivity contribution in [3.8, 4) is 11.5 Å². The molecular weight excluding hydrogens is 429 g/mol. The molecule has 1 fully saturated rings. The fourth-order valence-corrected chi connectivity index (χ4v) is 4.60. The standard InChI is InChI=1S/C21H22FNO7S/c1-29-11-3-5-16(13(22)7-11)31-17-8-23(14-6-10(25)2-4-12(14)17)21-20(28)19(27)18(26)15(9-24)30-21/h2-8,15,18-21,24-28H,9H2,1H3/t15-,18-,19+,20-,21-/m1/s1. The lowest BCUT2D eigenvalue weighted by atomic mass is 9.98. The van der Waals surface area contributed by atoms with Crippen LogP contribution < -0.4 is 4.74 Å². The Labute approximate surface area is 181 Å².